The van der Waals surface area contributed by atoms with E-state index in [9.17, 15) is 13.6 Å². The number of benzene rings is 1. The molecule has 0 aromatic heterocycles. The van der Waals surface area contributed by atoms with Crippen LogP contribution in [0.3, 0.4) is 0 Å². The van der Waals surface area contributed by atoms with E-state index in [1.165, 1.54) is 19.9 Å². The van der Waals surface area contributed by atoms with E-state index in [1.807, 2.05) is 0 Å². The van der Waals surface area contributed by atoms with Crippen molar-refractivity contribution in [3.63, 3.8) is 0 Å². The number of amidine groups is 1. The highest BCUT2D eigenvalue weighted by Crippen LogP contribution is 2.16. The van der Waals surface area contributed by atoms with E-state index in [2.05, 4.69) is 10.5 Å². The molecular formula is C12H15F2N3O2. The van der Waals surface area contributed by atoms with Crippen LogP contribution in [-0.2, 0) is 11.3 Å². The van der Waals surface area contributed by atoms with Crippen LogP contribution in [0.2, 0.25) is 0 Å². The van der Waals surface area contributed by atoms with Gasteiger partial charge in [0.1, 0.15) is 17.0 Å². The Hall–Kier alpha value is -2.18. The van der Waals surface area contributed by atoms with Crippen LogP contribution in [-0.4, -0.2) is 17.0 Å². The van der Waals surface area contributed by atoms with Gasteiger partial charge >= 0.3 is 0 Å². The van der Waals surface area contributed by atoms with Crippen molar-refractivity contribution in [2.24, 2.45) is 16.3 Å². The molecule has 7 heteroatoms. The van der Waals surface area contributed by atoms with Crippen molar-refractivity contribution >= 4 is 11.7 Å². The Morgan fingerprint density at radius 1 is 1.47 bits per heavy atom. The Labute approximate surface area is 109 Å². The topological polar surface area (TPSA) is 87.7 Å². The highest BCUT2D eigenvalue weighted by molar-refractivity contribution is 6.05. The van der Waals surface area contributed by atoms with Gasteiger partial charge < -0.3 is 16.3 Å². The lowest BCUT2D eigenvalue weighted by molar-refractivity contribution is -0.126. The summed E-state index contributed by atoms with van der Waals surface area (Å²) in [5.41, 5.74) is 4.30. The molecule has 0 bridgehead atoms. The molecular weight excluding hydrogens is 256 g/mol. The maximum absolute atomic E-state index is 13.3. The van der Waals surface area contributed by atoms with Crippen molar-refractivity contribution in [2.75, 3.05) is 0 Å². The zero-order valence-corrected chi connectivity index (χ0v) is 10.6. The predicted octanol–water partition coefficient (Wildman–Crippen LogP) is 1.35. The molecule has 0 heterocycles. The van der Waals surface area contributed by atoms with Gasteiger partial charge in [0.15, 0.2) is 5.84 Å². The molecule has 1 aromatic carbocycles. The number of hydrogen-bond acceptors (Lipinski definition) is 3. The summed E-state index contributed by atoms with van der Waals surface area (Å²) in [5.74, 6) is -2.23. The first-order valence-electron chi connectivity index (χ1n) is 5.49. The first-order valence-corrected chi connectivity index (χ1v) is 5.49. The molecule has 0 aliphatic rings. The fraction of sp³-hybridized carbons (Fsp3) is 0.333. The van der Waals surface area contributed by atoms with Gasteiger partial charge in [-0.15, -0.1) is 0 Å². The summed E-state index contributed by atoms with van der Waals surface area (Å²) in [4.78, 5) is 11.8. The summed E-state index contributed by atoms with van der Waals surface area (Å²) in [6, 6.07) is 3.07. The minimum absolute atomic E-state index is 0.118. The van der Waals surface area contributed by atoms with Gasteiger partial charge in [-0.3, -0.25) is 4.79 Å². The highest BCUT2D eigenvalue weighted by Gasteiger charge is 2.32. The van der Waals surface area contributed by atoms with E-state index in [-0.39, 0.29) is 17.9 Å². The zero-order valence-electron chi connectivity index (χ0n) is 10.6. The van der Waals surface area contributed by atoms with E-state index < -0.39 is 23.0 Å². The number of rotatable bonds is 4. The van der Waals surface area contributed by atoms with E-state index in [0.29, 0.717) is 0 Å². The lowest BCUT2D eigenvalue weighted by Gasteiger charge is -2.21. The summed E-state index contributed by atoms with van der Waals surface area (Å²) in [6.07, 6.45) is 0. The van der Waals surface area contributed by atoms with Crippen molar-refractivity contribution in [2.45, 2.75) is 20.4 Å². The molecule has 5 nitrogen and oxygen atoms in total. The molecule has 1 aromatic rings. The second kappa shape index (κ2) is 5.64. The summed E-state index contributed by atoms with van der Waals surface area (Å²) in [5, 5.41) is 13.8. The SMILES string of the molecule is CC(C)(C(=O)NCc1ccc(F)cc1F)C(N)=NO. The minimum Gasteiger partial charge on any atom is -0.409 e. The van der Waals surface area contributed by atoms with Crippen molar-refractivity contribution in [1.29, 1.82) is 0 Å². The molecule has 0 unspecified atom stereocenters. The predicted molar refractivity (Wildman–Crippen MR) is 65.4 cm³/mol. The minimum atomic E-state index is -1.23. The average molecular weight is 271 g/mol. The van der Waals surface area contributed by atoms with Crippen LogP contribution in [0.15, 0.2) is 23.4 Å². The Balaban J connectivity index is 2.74. The molecule has 0 aliphatic carbocycles. The molecule has 19 heavy (non-hydrogen) atoms. The standard InChI is InChI=1S/C12H15F2N3O2/c1-12(2,10(15)17-19)11(18)16-6-7-3-4-8(13)5-9(7)14/h3-5,19H,6H2,1-2H3,(H2,15,17)(H,16,18). The third-order valence-corrected chi connectivity index (χ3v) is 2.77. The fourth-order valence-corrected chi connectivity index (χ4v) is 1.30. The van der Waals surface area contributed by atoms with Crippen molar-refractivity contribution in [3.05, 3.63) is 35.4 Å². The molecule has 1 amide bonds. The molecule has 0 fully saturated rings. The fourth-order valence-electron chi connectivity index (χ4n) is 1.30. The van der Waals surface area contributed by atoms with Crippen LogP contribution in [0, 0.1) is 17.0 Å². The van der Waals surface area contributed by atoms with Crippen LogP contribution < -0.4 is 11.1 Å². The van der Waals surface area contributed by atoms with E-state index in [1.54, 1.807) is 0 Å². The molecule has 1 rings (SSSR count). The van der Waals surface area contributed by atoms with E-state index in [0.717, 1.165) is 12.1 Å². The molecule has 0 radical (unpaired) electrons. The van der Waals surface area contributed by atoms with Crippen LogP contribution in [0.25, 0.3) is 0 Å². The molecule has 0 saturated heterocycles. The monoisotopic (exact) mass is 271 g/mol. The van der Waals surface area contributed by atoms with E-state index in [4.69, 9.17) is 10.9 Å². The molecule has 0 saturated carbocycles. The van der Waals surface area contributed by atoms with Gasteiger partial charge in [0.2, 0.25) is 5.91 Å². The first-order chi connectivity index (χ1) is 8.78. The zero-order chi connectivity index (χ0) is 14.6. The van der Waals surface area contributed by atoms with Crippen LogP contribution in [0.4, 0.5) is 8.78 Å². The number of nitrogens with zero attached hydrogens (tertiary/aromatic N) is 1. The highest BCUT2D eigenvalue weighted by atomic mass is 19.1. The Morgan fingerprint density at radius 2 is 2.11 bits per heavy atom. The number of halogens is 2. The first kappa shape index (κ1) is 14.9. The van der Waals surface area contributed by atoms with Crippen LogP contribution >= 0.6 is 0 Å². The van der Waals surface area contributed by atoms with Gasteiger partial charge in [-0.2, -0.15) is 0 Å². The molecule has 0 atom stereocenters. The number of carbonyl (C=O) groups is 1. The molecule has 104 valence electrons. The van der Waals surface area contributed by atoms with Gasteiger partial charge in [0.25, 0.3) is 0 Å². The third kappa shape index (κ3) is 3.40. The van der Waals surface area contributed by atoms with Gasteiger partial charge in [0.05, 0.1) is 0 Å². The number of carbonyl (C=O) groups excluding carboxylic acids is 1. The summed E-state index contributed by atoms with van der Waals surface area (Å²) >= 11 is 0. The Kier molecular flexibility index (Phi) is 4.42. The number of hydrogen-bond donors (Lipinski definition) is 3. The van der Waals surface area contributed by atoms with Crippen molar-refractivity contribution in [3.8, 4) is 0 Å². The van der Waals surface area contributed by atoms with E-state index >= 15 is 0 Å². The Morgan fingerprint density at radius 3 is 2.63 bits per heavy atom. The maximum atomic E-state index is 13.3. The molecule has 0 aliphatic heterocycles. The molecule has 4 N–H and O–H groups in total. The third-order valence-electron chi connectivity index (χ3n) is 2.77. The largest absolute Gasteiger partial charge is 0.409 e. The van der Waals surface area contributed by atoms with Crippen LogP contribution in [0.5, 0.6) is 0 Å². The molecule has 0 spiro atoms. The Bertz CT molecular complexity index is 516. The number of oxime groups is 1. The number of nitrogens with one attached hydrogen (secondary N) is 1. The maximum Gasteiger partial charge on any atom is 0.233 e. The average Bonchev–Trinajstić information content (AvgIpc) is 2.36. The van der Waals surface area contributed by atoms with Crippen molar-refractivity contribution in [1.82, 2.24) is 5.32 Å². The number of nitrogens with two attached hydrogens (primary N) is 1. The second-order valence-corrected chi connectivity index (χ2v) is 4.53. The van der Waals surface area contributed by atoms with Gasteiger partial charge in [-0.1, -0.05) is 11.2 Å². The quantitative estimate of drug-likeness (QED) is 0.334. The normalized spacial score (nSPS) is 12.3. The number of amides is 1. The van der Waals surface area contributed by atoms with Gasteiger partial charge in [-0.25, -0.2) is 8.78 Å². The second-order valence-electron chi connectivity index (χ2n) is 4.53. The smallest absolute Gasteiger partial charge is 0.233 e. The van der Waals surface area contributed by atoms with Gasteiger partial charge in [0, 0.05) is 18.2 Å². The van der Waals surface area contributed by atoms with Crippen LogP contribution in [0.1, 0.15) is 19.4 Å². The lowest BCUT2D eigenvalue weighted by Crippen LogP contribution is -2.45. The van der Waals surface area contributed by atoms with Crippen molar-refractivity contribution < 1.29 is 18.8 Å². The summed E-state index contributed by atoms with van der Waals surface area (Å²) in [7, 11) is 0. The van der Waals surface area contributed by atoms with Gasteiger partial charge in [-0.05, 0) is 19.9 Å². The lowest BCUT2D eigenvalue weighted by atomic mass is 9.91. The summed E-state index contributed by atoms with van der Waals surface area (Å²) < 4.78 is 26.0. The summed E-state index contributed by atoms with van der Waals surface area (Å²) in [6.45, 7) is 2.80.